The van der Waals surface area contributed by atoms with Crippen molar-refractivity contribution < 1.29 is 18.3 Å². The van der Waals surface area contributed by atoms with Crippen LogP contribution in [0.3, 0.4) is 0 Å². The number of anilines is 1. The number of amides is 1. The smallest absolute Gasteiger partial charge is 0.274 e. The lowest BCUT2D eigenvalue weighted by molar-refractivity contribution is 0.0645. The highest BCUT2D eigenvalue weighted by Gasteiger charge is 2.36. The average molecular weight is 316 g/mol. The van der Waals surface area contributed by atoms with Crippen molar-refractivity contribution in [1.29, 1.82) is 0 Å². The number of nitrogens with two attached hydrogens (primary N) is 1. The number of rotatable bonds is 4. The van der Waals surface area contributed by atoms with E-state index in [1.807, 2.05) is 0 Å². The van der Waals surface area contributed by atoms with E-state index in [9.17, 15) is 13.2 Å². The molecule has 0 radical (unpaired) electrons. The van der Waals surface area contributed by atoms with Crippen LogP contribution in [0.2, 0.25) is 0 Å². The minimum Gasteiger partial charge on any atom is -0.395 e. The van der Waals surface area contributed by atoms with Gasteiger partial charge in [0.1, 0.15) is 5.69 Å². The van der Waals surface area contributed by atoms with E-state index in [2.05, 4.69) is 5.10 Å². The summed E-state index contributed by atoms with van der Waals surface area (Å²) in [6, 6.07) is -0.427. The number of carbonyl (C=O) groups excluding carboxylic acids is 1. The van der Waals surface area contributed by atoms with Crippen molar-refractivity contribution in [3.05, 3.63) is 11.4 Å². The second kappa shape index (κ2) is 5.64. The summed E-state index contributed by atoms with van der Waals surface area (Å²) in [6.07, 6.45) is 0.380. The summed E-state index contributed by atoms with van der Waals surface area (Å²) in [4.78, 5) is 14.1. The Balaban J connectivity index is 2.32. The maximum absolute atomic E-state index is 12.7. The van der Waals surface area contributed by atoms with Gasteiger partial charge in [-0.3, -0.25) is 9.48 Å². The zero-order valence-corrected chi connectivity index (χ0v) is 12.9. The lowest BCUT2D eigenvalue weighted by Crippen LogP contribution is -2.43. The number of carbonyl (C=O) groups is 1. The molecule has 3 N–H and O–H groups in total. The van der Waals surface area contributed by atoms with E-state index in [1.54, 1.807) is 14.0 Å². The fourth-order valence-corrected chi connectivity index (χ4v) is 4.37. The number of aliphatic hydroxyl groups is 1. The first kappa shape index (κ1) is 15.8. The van der Waals surface area contributed by atoms with Gasteiger partial charge in [0, 0.05) is 19.6 Å². The third kappa shape index (κ3) is 3.03. The van der Waals surface area contributed by atoms with Crippen LogP contribution in [0.1, 0.15) is 22.6 Å². The summed E-state index contributed by atoms with van der Waals surface area (Å²) in [5, 5.41) is 13.3. The molecule has 2 heterocycles. The highest BCUT2D eigenvalue weighted by atomic mass is 32.2. The number of hydrogen-bond donors (Lipinski definition) is 2. The Labute approximate surface area is 123 Å². The van der Waals surface area contributed by atoms with E-state index in [1.165, 1.54) is 9.58 Å². The molecule has 0 spiro atoms. The summed E-state index contributed by atoms with van der Waals surface area (Å²) in [6.45, 7) is 1.53. The molecule has 1 atom stereocenters. The number of hydrogen-bond acceptors (Lipinski definition) is 6. The Kier molecular flexibility index (Phi) is 4.24. The maximum Gasteiger partial charge on any atom is 0.274 e. The summed E-state index contributed by atoms with van der Waals surface area (Å²) in [7, 11) is -1.51. The van der Waals surface area contributed by atoms with Crippen LogP contribution < -0.4 is 5.73 Å². The quantitative estimate of drug-likeness (QED) is 0.730. The molecule has 1 fully saturated rings. The zero-order chi connectivity index (χ0) is 15.8. The summed E-state index contributed by atoms with van der Waals surface area (Å²) in [5.74, 6) is -0.408. The Bertz CT molecular complexity index is 652. The average Bonchev–Trinajstić information content (AvgIpc) is 2.86. The Morgan fingerprint density at radius 1 is 1.57 bits per heavy atom. The third-order valence-corrected chi connectivity index (χ3v) is 5.47. The monoisotopic (exact) mass is 316 g/mol. The van der Waals surface area contributed by atoms with Crippen molar-refractivity contribution in [1.82, 2.24) is 14.7 Å². The van der Waals surface area contributed by atoms with Crippen molar-refractivity contribution in [2.75, 3.05) is 30.4 Å². The van der Waals surface area contributed by atoms with Gasteiger partial charge in [0.15, 0.2) is 9.84 Å². The molecule has 1 unspecified atom stereocenters. The van der Waals surface area contributed by atoms with Gasteiger partial charge in [0.05, 0.1) is 29.5 Å². The molecule has 0 bridgehead atoms. The second-order valence-corrected chi connectivity index (χ2v) is 7.48. The van der Waals surface area contributed by atoms with Crippen molar-refractivity contribution in [2.24, 2.45) is 7.05 Å². The van der Waals surface area contributed by atoms with Crippen molar-refractivity contribution in [3.63, 3.8) is 0 Å². The van der Waals surface area contributed by atoms with Gasteiger partial charge in [-0.2, -0.15) is 5.10 Å². The van der Waals surface area contributed by atoms with Crippen LogP contribution in [-0.4, -0.2) is 64.8 Å². The van der Waals surface area contributed by atoms with Crippen LogP contribution in [0.5, 0.6) is 0 Å². The number of aliphatic hydroxyl groups excluding tert-OH is 1. The summed E-state index contributed by atoms with van der Waals surface area (Å²) >= 11 is 0. The molecule has 1 saturated heterocycles. The van der Waals surface area contributed by atoms with Gasteiger partial charge in [0.2, 0.25) is 0 Å². The van der Waals surface area contributed by atoms with E-state index < -0.39 is 21.8 Å². The van der Waals surface area contributed by atoms with Crippen LogP contribution >= 0.6 is 0 Å². The predicted octanol–water partition coefficient (Wildman–Crippen LogP) is -1.07. The third-order valence-electron chi connectivity index (χ3n) is 3.72. The first-order valence-corrected chi connectivity index (χ1v) is 8.50. The van der Waals surface area contributed by atoms with E-state index >= 15 is 0 Å². The Morgan fingerprint density at radius 3 is 2.67 bits per heavy atom. The molecule has 1 aliphatic heterocycles. The van der Waals surface area contributed by atoms with E-state index in [4.69, 9.17) is 10.8 Å². The molecule has 1 aliphatic rings. The predicted molar refractivity (Wildman–Crippen MR) is 77.5 cm³/mol. The topological polar surface area (TPSA) is 119 Å². The number of aryl methyl sites for hydroxylation is 2. The van der Waals surface area contributed by atoms with E-state index in [0.717, 1.165) is 0 Å². The van der Waals surface area contributed by atoms with Gasteiger partial charge >= 0.3 is 0 Å². The molecule has 1 aromatic rings. The number of sulfone groups is 1. The molecule has 2 rings (SSSR count). The first-order valence-electron chi connectivity index (χ1n) is 6.68. The highest BCUT2D eigenvalue weighted by molar-refractivity contribution is 7.91. The van der Waals surface area contributed by atoms with Crippen LogP contribution in [0.25, 0.3) is 0 Å². The molecular weight excluding hydrogens is 296 g/mol. The van der Waals surface area contributed by atoms with E-state index in [-0.39, 0.29) is 36.0 Å². The van der Waals surface area contributed by atoms with Gasteiger partial charge in [-0.1, -0.05) is 0 Å². The minimum atomic E-state index is -3.12. The number of nitrogens with zero attached hydrogens (tertiary/aromatic N) is 3. The lowest BCUT2D eigenvalue weighted by atomic mass is 10.2. The molecule has 0 aliphatic carbocycles. The number of aromatic nitrogens is 2. The lowest BCUT2D eigenvalue weighted by Gasteiger charge is -2.27. The standard InChI is InChI=1S/C12H20N4O4S/c1-8-10(13)11(15(2)14-8)12(18)16(4-5-17)9-3-6-21(19,20)7-9/h9,17H,3-7,13H2,1-2H3. The zero-order valence-electron chi connectivity index (χ0n) is 12.1. The minimum absolute atomic E-state index is 0.0623. The molecular formula is C12H20N4O4S. The summed E-state index contributed by atoms with van der Waals surface area (Å²) in [5.41, 5.74) is 6.93. The molecule has 9 heteroatoms. The van der Waals surface area contributed by atoms with Crippen molar-refractivity contribution in [3.8, 4) is 0 Å². The molecule has 118 valence electrons. The van der Waals surface area contributed by atoms with E-state index in [0.29, 0.717) is 12.1 Å². The fraction of sp³-hybridized carbons (Fsp3) is 0.667. The molecule has 0 aromatic carbocycles. The van der Waals surface area contributed by atoms with Crippen LogP contribution in [0, 0.1) is 6.92 Å². The van der Waals surface area contributed by atoms with Crippen molar-refractivity contribution in [2.45, 2.75) is 19.4 Å². The van der Waals surface area contributed by atoms with Crippen LogP contribution in [0.15, 0.2) is 0 Å². The van der Waals surface area contributed by atoms with Gasteiger partial charge in [-0.25, -0.2) is 8.42 Å². The molecule has 1 aromatic heterocycles. The second-order valence-electron chi connectivity index (χ2n) is 5.25. The van der Waals surface area contributed by atoms with Gasteiger partial charge in [-0.15, -0.1) is 0 Å². The van der Waals surface area contributed by atoms with Crippen LogP contribution in [0.4, 0.5) is 5.69 Å². The maximum atomic E-state index is 12.7. The Morgan fingerprint density at radius 2 is 2.24 bits per heavy atom. The first-order chi connectivity index (χ1) is 9.76. The SMILES string of the molecule is Cc1nn(C)c(C(=O)N(CCO)C2CCS(=O)(=O)C2)c1N. The fourth-order valence-electron chi connectivity index (χ4n) is 2.64. The summed E-state index contributed by atoms with van der Waals surface area (Å²) < 4.78 is 24.6. The molecule has 1 amide bonds. The van der Waals surface area contributed by atoms with Gasteiger partial charge < -0.3 is 15.7 Å². The largest absolute Gasteiger partial charge is 0.395 e. The Hall–Kier alpha value is -1.61. The number of nitrogen functional groups attached to an aromatic ring is 1. The molecule has 0 saturated carbocycles. The van der Waals surface area contributed by atoms with Crippen molar-refractivity contribution >= 4 is 21.4 Å². The van der Waals surface area contributed by atoms with Crippen LogP contribution in [-0.2, 0) is 16.9 Å². The van der Waals surface area contributed by atoms with Gasteiger partial charge in [-0.05, 0) is 13.3 Å². The highest BCUT2D eigenvalue weighted by Crippen LogP contribution is 2.23. The molecule has 8 nitrogen and oxygen atoms in total. The molecule has 21 heavy (non-hydrogen) atoms. The normalized spacial score (nSPS) is 20.6. The van der Waals surface area contributed by atoms with Gasteiger partial charge in [0.25, 0.3) is 5.91 Å².